The second-order valence-electron chi connectivity index (χ2n) is 6.82. The maximum Gasteiger partial charge on any atom is 0.310 e. The monoisotopic (exact) mass is 399 g/mol. The maximum atomic E-state index is 12.8. The zero-order valence-electron chi connectivity index (χ0n) is 15.2. The summed E-state index contributed by atoms with van der Waals surface area (Å²) in [5.74, 6) is -0.302. The largest absolute Gasteiger partial charge is 0.457 e. The Kier molecular flexibility index (Phi) is 5.15. The first-order valence-electron chi connectivity index (χ1n) is 9.19. The minimum Gasteiger partial charge on any atom is -0.457 e. The Balaban J connectivity index is 1.40. The summed E-state index contributed by atoms with van der Waals surface area (Å²) in [5, 5.41) is 0. The third kappa shape index (κ3) is 3.79. The van der Waals surface area contributed by atoms with Gasteiger partial charge in [-0.3, -0.25) is 4.79 Å². The number of fused-ring (bicyclic) bond motifs is 1. The van der Waals surface area contributed by atoms with Gasteiger partial charge in [0.25, 0.3) is 0 Å². The Morgan fingerprint density at radius 1 is 1.14 bits per heavy atom. The van der Waals surface area contributed by atoms with Gasteiger partial charge in [0.2, 0.25) is 10.0 Å². The van der Waals surface area contributed by atoms with Crippen LogP contribution in [0.15, 0.2) is 59.5 Å². The standard InChI is InChI=1S/C20H21N3O4S/c24-20(27-14-19-21-17-10-4-5-11-18(17)22-19)15-7-6-12-23(13-15)28(25,26)16-8-2-1-3-9-16/h1-5,8-11,15H,6-7,12-14H2,(H,21,22). The molecule has 1 N–H and O–H groups in total. The van der Waals surface area contributed by atoms with Crippen LogP contribution in [0.5, 0.6) is 0 Å². The fraction of sp³-hybridized carbons (Fsp3) is 0.300. The van der Waals surface area contributed by atoms with Crippen molar-refractivity contribution in [2.75, 3.05) is 13.1 Å². The minimum absolute atomic E-state index is 0.0372. The number of imidazole rings is 1. The molecule has 146 valence electrons. The van der Waals surface area contributed by atoms with Gasteiger partial charge in [0.1, 0.15) is 12.4 Å². The summed E-state index contributed by atoms with van der Waals surface area (Å²) in [4.78, 5) is 20.3. The molecule has 28 heavy (non-hydrogen) atoms. The first kappa shape index (κ1) is 18.6. The van der Waals surface area contributed by atoms with Crippen molar-refractivity contribution in [1.29, 1.82) is 0 Å². The summed E-state index contributed by atoms with van der Waals surface area (Å²) in [6, 6.07) is 15.9. The highest BCUT2D eigenvalue weighted by Gasteiger charge is 2.34. The molecule has 1 atom stereocenters. The van der Waals surface area contributed by atoms with E-state index < -0.39 is 21.9 Å². The molecule has 7 nitrogen and oxygen atoms in total. The Hall–Kier alpha value is -2.71. The summed E-state index contributed by atoms with van der Waals surface area (Å²) in [7, 11) is -3.61. The topological polar surface area (TPSA) is 92.4 Å². The van der Waals surface area contributed by atoms with Crippen molar-refractivity contribution in [3.8, 4) is 0 Å². The normalized spacial score (nSPS) is 18.2. The van der Waals surface area contributed by atoms with Crippen LogP contribution < -0.4 is 0 Å². The van der Waals surface area contributed by atoms with Crippen LogP contribution in [0.4, 0.5) is 0 Å². The van der Waals surface area contributed by atoms with Crippen molar-refractivity contribution in [2.24, 2.45) is 5.92 Å². The van der Waals surface area contributed by atoms with Gasteiger partial charge in [-0.05, 0) is 37.1 Å². The fourth-order valence-electron chi connectivity index (χ4n) is 3.43. The Morgan fingerprint density at radius 2 is 1.89 bits per heavy atom. The van der Waals surface area contributed by atoms with Crippen molar-refractivity contribution in [1.82, 2.24) is 14.3 Å². The third-order valence-electron chi connectivity index (χ3n) is 4.89. The minimum atomic E-state index is -3.61. The van der Waals surface area contributed by atoms with E-state index in [1.807, 2.05) is 24.3 Å². The van der Waals surface area contributed by atoms with Crippen molar-refractivity contribution >= 4 is 27.0 Å². The lowest BCUT2D eigenvalue weighted by molar-refractivity contribution is -0.151. The number of H-pyrrole nitrogens is 1. The van der Waals surface area contributed by atoms with E-state index in [9.17, 15) is 13.2 Å². The number of nitrogens with zero attached hydrogens (tertiary/aromatic N) is 2. The number of carbonyl (C=O) groups excluding carboxylic acids is 1. The molecule has 2 heterocycles. The van der Waals surface area contributed by atoms with Crippen molar-refractivity contribution in [3.63, 3.8) is 0 Å². The molecule has 1 aromatic heterocycles. The van der Waals surface area contributed by atoms with Gasteiger partial charge >= 0.3 is 5.97 Å². The third-order valence-corrected chi connectivity index (χ3v) is 6.77. The lowest BCUT2D eigenvalue weighted by Crippen LogP contribution is -2.42. The van der Waals surface area contributed by atoms with Crippen LogP contribution in [0.25, 0.3) is 11.0 Å². The van der Waals surface area contributed by atoms with Crippen LogP contribution in [-0.2, 0) is 26.2 Å². The number of hydrogen-bond acceptors (Lipinski definition) is 5. The molecule has 1 saturated heterocycles. The first-order chi connectivity index (χ1) is 13.5. The molecule has 0 saturated carbocycles. The molecule has 3 aromatic rings. The van der Waals surface area contributed by atoms with E-state index >= 15 is 0 Å². The second-order valence-corrected chi connectivity index (χ2v) is 8.76. The SMILES string of the molecule is O=C(OCc1nc2ccccc2[nH]1)C1CCCN(S(=O)(=O)c2ccccc2)C1. The smallest absolute Gasteiger partial charge is 0.310 e. The van der Waals surface area contributed by atoms with Gasteiger partial charge in [0.05, 0.1) is 21.8 Å². The predicted molar refractivity (Wildman–Crippen MR) is 104 cm³/mol. The van der Waals surface area contributed by atoms with Gasteiger partial charge < -0.3 is 9.72 Å². The van der Waals surface area contributed by atoms with Crippen LogP contribution in [-0.4, -0.2) is 41.7 Å². The van der Waals surface area contributed by atoms with Gasteiger partial charge in [-0.2, -0.15) is 4.31 Å². The summed E-state index contributed by atoms with van der Waals surface area (Å²) < 4.78 is 32.4. The molecule has 4 rings (SSSR count). The summed E-state index contributed by atoms with van der Waals surface area (Å²) in [5.41, 5.74) is 1.69. The zero-order valence-corrected chi connectivity index (χ0v) is 16.1. The van der Waals surface area contributed by atoms with Crippen LogP contribution in [0.3, 0.4) is 0 Å². The van der Waals surface area contributed by atoms with E-state index in [1.165, 1.54) is 4.31 Å². The summed E-state index contributed by atoms with van der Waals surface area (Å²) in [6.07, 6.45) is 1.23. The number of esters is 1. The molecule has 0 amide bonds. The van der Waals surface area contributed by atoms with Gasteiger partial charge in [-0.25, -0.2) is 13.4 Å². The van der Waals surface area contributed by atoms with Crippen molar-refractivity contribution < 1.29 is 17.9 Å². The summed E-state index contributed by atoms with van der Waals surface area (Å²) >= 11 is 0. The number of benzene rings is 2. The van der Waals surface area contributed by atoms with E-state index in [2.05, 4.69) is 9.97 Å². The second kappa shape index (κ2) is 7.73. The molecule has 8 heteroatoms. The number of piperidine rings is 1. The molecule has 2 aromatic carbocycles. The molecule has 0 radical (unpaired) electrons. The van der Waals surface area contributed by atoms with E-state index in [4.69, 9.17) is 4.74 Å². The van der Waals surface area contributed by atoms with Gasteiger partial charge in [-0.15, -0.1) is 0 Å². The Morgan fingerprint density at radius 3 is 2.68 bits per heavy atom. The molecule has 0 aliphatic carbocycles. The number of sulfonamides is 1. The van der Waals surface area contributed by atoms with E-state index in [-0.39, 0.29) is 18.0 Å². The molecule has 0 bridgehead atoms. The number of nitrogens with one attached hydrogen (secondary N) is 1. The predicted octanol–water partition coefficient (Wildman–Crippen LogP) is 2.71. The fourth-order valence-corrected chi connectivity index (χ4v) is 4.97. The average molecular weight is 399 g/mol. The molecular formula is C20H21N3O4S. The highest BCUT2D eigenvalue weighted by molar-refractivity contribution is 7.89. The molecule has 1 aliphatic heterocycles. The van der Waals surface area contributed by atoms with Crippen LogP contribution in [0.2, 0.25) is 0 Å². The van der Waals surface area contributed by atoms with Gasteiger partial charge in [0, 0.05) is 13.1 Å². The van der Waals surface area contributed by atoms with E-state index in [1.54, 1.807) is 30.3 Å². The highest BCUT2D eigenvalue weighted by Crippen LogP contribution is 2.24. The molecule has 1 fully saturated rings. The number of para-hydroxylation sites is 2. The van der Waals surface area contributed by atoms with E-state index in [0.29, 0.717) is 25.2 Å². The van der Waals surface area contributed by atoms with Crippen molar-refractivity contribution in [2.45, 2.75) is 24.3 Å². The van der Waals surface area contributed by atoms with Gasteiger partial charge in [-0.1, -0.05) is 30.3 Å². The number of carbonyl (C=O) groups is 1. The lowest BCUT2D eigenvalue weighted by Gasteiger charge is -2.30. The average Bonchev–Trinajstić information content (AvgIpc) is 3.16. The van der Waals surface area contributed by atoms with Crippen LogP contribution >= 0.6 is 0 Å². The summed E-state index contributed by atoms with van der Waals surface area (Å²) in [6.45, 7) is 0.580. The van der Waals surface area contributed by atoms with Crippen LogP contribution in [0.1, 0.15) is 18.7 Å². The number of ether oxygens (including phenoxy) is 1. The molecule has 1 unspecified atom stereocenters. The van der Waals surface area contributed by atoms with Crippen molar-refractivity contribution in [3.05, 3.63) is 60.4 Å². The van der Waals surface area contributed by atoms with Gasteiger partial charge in [0.15, 0.2) is 0 Å². The number of rotatable bonds is 5. The number of aromatic nitrogens is 2. The van der Waals surface area contributed by atoms with Crippen LogP contribution in [0, 0.1) is 5.92 Å². The number of hydrogen-bond donors (Lipinski definition) is 1. The Labute approximate surface area is 163 Å². The first-order valence-corrected chi connectivity index (χ1v) is 10.6. The molecule has 0 spiro atoms. The molecular weight excluding hydrogens is 378 g/mol. The maximum absolute atomic E-state index is 12.8. The lowest BCUT2D eigenvalue weighted by atomic mass is 10.0. The zero-order chi connectivity index (χ0) is 19.6. The van der Waals surface area contributed by atoms with E-state index in [0.717, 1.165) is 11.0 Å². The Bertz CT molecular complexity index is 1050. The molecule has 1 aliphatic rings. The number of aromatic amines is 1. The highest BCUT2D eigenvalue weighted by atomic mass is 32.2. The quantitative estimate of drug-likeness (QED) is 0.666.